The van der Waals surface area contributed by atoms with Gasteiger partial charge in [-0.3, -0.25) is 4.79 Å². The summed E-state index contributed by atoms with van der Waals surface area (Å²) in [5, 5.41) is 3.24. The number of carbonyl (C=O) groups excluding carboxylic acids is 1. The van der Waals surface area contributed by atoms with E-state index in [9.17, 15) is 9.18 Å². The van der Waals surface area contributed by atoms with Crippen LogP contribution in [0.2, 0.25) is 0 Å². The van der Waals surface area contributed by atoms with Crippen molar-refractivity contribution < 1.29 is 13.9 Å². The van der Waals surface area contributed by atoms with Crippen LogP contribution in [0.1, 0.15) is 18.4 Å². The number of benzene rings is 1. The summed E-state index contributed by atoms with van der Waals surface area (Å²) in [6, 6.07) is 8.22. The average Bonchev–Trinajstić information content (AvgIpc) is 2.67. The van der Waals surface area contributed by atoms with Gasteiger partial charge in [0, 0.05) is 18.9 Å². The largest absolute Gasteiger partial charge is 0.371 e. The molecule has 1 atom stereocenters. The Hall–Kier alpha value is -2.54. The minimum absolute atomic E-state index is 0.0423. The van der Waals surface area contributed by atoms with E-state index in [1.165, 1.54) is 6.07 Å². The molecular formula is C20H23FN4O2. The molecule has 1 N–H and O–H groups in total. The number of amides is 1. The SMILES string of the molecule is O=C(Cc1ccccc1F)N1CC2(CC[C@H](CNc3ncccn3)CO2)C1. The highest BCUT2D eigenvalue weighted by Gasteiger charge is 2.48. The minimum Gasteiger partial charge on any atom is -0.371 e. The smallest absolute Gasteiger partial charge is 0.227 e. The van der Waals surface area contributed by atoms with Gasteiger partial charge in [-0.25, -0.2) is 14.4 Å². The Labute approximate surface area is 157 Å². The summed E-state index contributed by atoms with van der Waals surface area (Å²) < 4.78 is 19.8. The fourth-order valence-electron chi connectivity index (χ4n) is 3.70. The molecule has 1 aromatic heterocycles. The van der Waals surface area contributed by atoms with Gasteiger partial charge in [-0.1, -0.05) is 18.2 Å². The van der Waals surface area contributed by atoms with Gasteiger partial charge in [-0.15, -0.1) is 0 Å². The number of anilines is 1. The van der Waals surface area contributed by atoms with E-state index in [-0.39, 0.29) is 23.7 Å². The van der Waals surface area contributed by atoms with Crippen molar-refractivity contribution in [2.75, 3.05) is 31.6 Å². The molecule has 2 aliphatic heterocycles. The number of nitrogens with zero attached hydrogens (tertiary/aromatic N) is 3. The molecule has 2 saturated heterocycles. The predicted molar refractivity (Wildman–Crippen MR) is 98.6 cm³/mol. The van der Waals surface area contributed by atoms with E-state index in [2.05, 4.69) is 15.3 Å². The van der Waals surface area contributed by atoms with Crippen LogP contribution in [0, 0.1) is 11.7 Å². The molecule has 1 amide bonds. The fraction of sp³-hybridized carbons (Fsp3) is 0.450. The van der Waals surface area contributed by atoms with Crippen LogP contribution in [-0.2, 0) is 16.0 Å². The first-order valence-corrected chi connectivity index (χ1v) is 9.30. The number of nitrogens with one attached hydrogen (secondary N) is 1. The van der Waals surface area contributed by atoms with E-state index in [4.69, 9.17) is 4.74 Å². The first-order chi connectivity index (χ1) is 13.1. The first-order valence-electron chi connectivity index (χ1n) is 9.30. The maximum absolute atomic E-state index is 13.7. The number of likely N-dealkylation sites (tertiary alicyclic amines) is 1. The molecule has 2 aliphatic rings. The molecule has 7 heteroatoms. The second kappa shape index (κ2) is 7.60. The molecule has 27 heavy (non-hydrogen) atoms. The Morgan fingerprint density at radius 1 is 1.26 bits per heavy atom. The van der Waals surface area contributed by atoms with Crippen molar-refractivity contribution in [1.82, 2.24) is 14.9 Å². The van der Waals surface area contributed by atoms with Crippen LogP contribution in [0.15, 0.2) is 42.7 Å². The summed E-state index contributed by atoms with van der Waals surface area (Å²) in [6.07, 6.45) is 5.49. The second-order valence-corrected chi connectivity index (χ2v) is 7.37. The summed E-state index contributed by atoms with van der Waals surface area (Å²) in [5.74, 6) is 0.668. The van der Waals surface area contributed by atoms with Gasteiger partial charge in [0.25, 0.3) is 0 Å². The number of rotatable bonds is 5. The van der Waals surface area contributed by atoms with Crippen molar-refractivity contribution in [3.05, 3.63) is 54.1 Å². The third-order valence-corrected chi connectivity index (χ3v) is 5.36. The highest BCUT2D eigenvalue weighted by Crippen LogP contribution is 2.36. The zero-order chi connectivity index (χ0) is 18.7. The van der Waals surface area contributed by atoms with Crippen molar-refractivity contribution in [2.24, 2.45) is 5.92 Å². The predicted octanol–water partition coefficient (Wildman–Crippen LogP) is 2.28. The van der Waals surface area contributed by atoms with Crippen LogP contribution in [-0.4, -0.2) is 52.6 Å². The average molecular weight is 370 g/mol. The van der Waals surface area contributed by atoms with Crippen LogP contribution in [0.5, 0.6) is 0 Å². The molecule has 0 bridgehead atoms. The lowest BCUT2D eigenvalue weighted by Gasteiger charge is -2.52. The highest BCUT2D eigenvalue weighted by molar-refractivity contribution is 5.80. The molecule has 0 radical (unpaired) electrons. The van der Waals surface area contributed by atoms with E-state index in [0.29, 0.717) is 37.1 Å². The zero-order valence-electron chi connectivity index (χ0n) is 15.1. The third-order valence-electron chi connectivity index (χ3n) is 5.36. The minimum atomic E-state index is -0.326. The van der Waals surface area contributed by atoms with E-state index in [0.717, 1.165) is 19.4 Å². The molecule has 2 aromatic rings. The number of aromatic nitrogens is 2. The molecule has 4 rings (SSSR count). The Balaban J connectivity index is 1.21. The van der Waals surface area contributed by atoms with E-state index in [1.54, 1.807) is 41.6 Å². The maximum Gasteiger partial charge on any atom is 0.227 e. The summed E-state index contributed by atoms with van der Waals surface area (Å²) in [6.45, 7) is 2.63. The lowest BCUT2D eigenvalue weighted by atomic mass is 9.82. The number of hydrogen-bond donors (Lipinski definition) is 1. The standard InChI is InChI=1S/C20H23FN4O2/c21-17-5-2-1-4-16(17)10-18(26)25-13-20(14-25)7-6-15(12-27-20)11-24-19-22-8-3-9-23-19/h1-5,8-9,15H,6-7,10-14H2,(H,22,23,24)/t15-/m1/s1. The number of ether oxygens (including phenoxy) is 1. The molecular weight excluding hydrogens is 347 g/mol. The Morgan fingerprint density at radius 2 is 2.04 bits per heavy atom. The molecule has 2 fully saturated rings. The van der Waals surface area contributed by atoms with Gasteiger partial charge in [0.1, 0.15) is 11.4 Å². The van der Waals surface area contributed by atoms with Crippen molar-refractivity contribution in [2.45, 2.75) is 24.9 Å². The monoisotopic (exact) mass is 370 g/mol. The van der Waals surface area contributed by atoms with Gasteiger partial charge in [0.2, 0.25) is 11.9 Å². The normalized spacial score (nSPS) is 20.9. The fourth-order valence-corrected chi connectivity index (χ4v) is 3.70. The van der Waals surface area contributed by atoms with E-state index < -0.39 is 0 Å². The molecule has 6 nitrogen and oxygen atoms in total. The molecule has 0 saturated carbocycles. The zero-order valence-corrected chi connectivity index (χ0v) is 15.1. The van der Waals surface area contributed by atoms with Gasteiger partial charge < -0.3 is 15.0 Å². The summed E-state index contributed by atoms with van der Waals surface area (Å²) in [5.41, 5.74) is 0.229. The Kier molecular flexibility index (Phi) is 5.03. The molecule has 3 heterocycles. The second-order valence-electron chi connectivity index (χ2n) is 7.37. The topological polar surface area (TPSA) is 67.4 Å². The summed E-state index contributed by atoms with van der Waals surface area (Å²) in [7, 11) is 0. The van der Waals surface area contributed by atoms with Gasteiger partial charge in [0.05, 0.1) is 26.1 Å². The van der Waals surface area contributed by atoms with Gasteiger partial charge in [-0.2, -0.15) is 0 Å². The number of hydrogen-bond acceptors (Lipinski definition) is 5. The summed E-state index contributed by atoms with van der Waals surface area (Å²) in [4.78, 5) is 22.5. The highest BCUT2D eigenvalue weighted by atomic mass is 19.1. The lowest BCUT2D eigenvalue weighted by Crippen LogP contribution is -2.66. The quantitative estimate of drug-likeness (QED) is 0.875. The van der Waals surface area contributed by atoms with Gasteiger partial charge in [-0.05, 0) is 36.5 Å². The van der Waals surface area contributed by atoms with Crippen molar-refractivity contribution >= 4 is 11.9 Å². The van der Waals surface area contributed by atoms with Gasteiger partial charge in [0.15, 0.2) is 0 Å². The molecule has 1 spiro atoms. The molecule has 0 aliphatic carbocycles. The van der Waals surface area contributed by atoms with Crippen LogP contribution in [0.4, 0.5) is 10.3 Å². The van der Waals surface area contributed by atoms with Crippen molar-refractivity contribution in [3.8, 4) is 0 Å². The maximum atomic E-state index is 13.7. The van der Waals surface area contributed by atoms with Crippen molar-refractivity contribution in [3.63, 3.8) is 0 Å². The van der Waals surface area contributed by atoms with E-state index in [1.807, 2.05) is 0 Å². The van der Waals surface area contributed by atoms with Crippen LogP contribution < -0.4 is 5.32 Å². The van der Waals surface area contributed by atoms with Crippen LogP contribution >= 0.6 is 0 Å². The molecule has 1 aromatic carbocycles. The molecule has 142 valence electrons. The van der Waals surface area contributed by atoms with Crippen LogP contribution in [0.25, 0.3) is 0 Å². The van der Waals surface area contributed by atoms with Gasteiger partial charge >= 0.3 is 0 Å². The van der Waals surface area contributed by atoms with Crippen molar-refractivity contribution in [1.29, 1.82) is 0 Å². The Bertz CT molecular complexity index is 786. The molecule has 0 unspecified atom stereocenters. The number of carbonyl (C=O) groups is 1. The summed E-state index contributed by atoms with van der Waals surface area (Å²) >= 11 is 0. The van der Waals surface area contributed by atoms with E-state index >= 15 is 0 Å². The first kappa shape index (κ1) is 17.9. The van der Waals surface area contributed by atoms with Crippen LogP contribution in [0.3, 0.4) is 0 Å². The third kappa shape index (κ3) is 4.08. The Morgan fingerprint density at radius 3 is 2.74 bits per heavy atom. The lowest BCUT2D eigenvalue weighted by molar-refractivity contribution is -0.187. The number of halogens is 1.